The number of thioether (sulfide) groups is 1. The second-order valence-corrected chi connectivity index (χ2v) is 5.82. The topological polar surface area (TPSA) is 57.0 Å². The standard InChI is InChI=1S/C14H21N3O2S/c1-3-5-9-19-12(18)10-20-14-16-15-13(11-6-7-11)17(14)8-4-2/h4,11H,2-3,5-10H2,1H3. The molecule has 0 amide bonds. The van der Waals surface area contributed by atoms with Crippen molar-refractivity contribution in [3.8, 4) is 0 Å². The number of aromatic nitrogens is 3. The zero-order valence-corrected chi connectivity index (χ0v) is 12.7. The van der Waals surface area contributed by atoms with Gasteiger partial charge in [0.2, 0.25) is 0 Å². The molecule has 0 bridgehead atoms. The largest absolute Gasteiger partial charge is 0.465 e. The van der Waals surface area contributed by atoms with E-state index in [4.69, 9.17) is 4.74 Å². The monoisotopic (exact) mass is 295 g/mol. The van der Waals surface area contributed by atoms with Gasteiger partial charge < -0.3 is 9.30 Å². The Kier molecular flexibility index (Phi) is 5.64. The molecule has 1 aliphatic rings. The van der Waals surface area contributed by atoms with Crippen LogP contribution < -0.4 is 0 Å². The molecule has 0 aliphatic heterocycles. The van der Waals surface area contributed by atoms with Crippen molar-refractivity contribution >= 4 is 17.7 Å². The van der Waals surface area contributed by atoms with E-state index in [-0.39, 0.29) is 11.7 Å². The smallest absolute Gasteiger partial charge is 0.316 e. The minimum atomic E-state index is -0.190. The zero-order chi connectivity index (χ0) is 14.4. The number of allylic oxidation sites excluding steroid dienone is 1. The summed E-state index contributed by atoms with van der Waals surface area (Å²) < 4.78 is 7.18. The van der Waals surface area contributed by atoms with Crippen LogP contribution in [0.2, 0.25) is 0 Å². The highest BCUT2D eigenvalue weighted by Gasteiger charge is 2.30. The van der Waals surface area contributed by atoms with Gasteiger partial charge in [0.25, 0.3) is 0 Å². The van der Waals surface area contributed by atoms with Crippen LogP contribution in [-0.4, -0.2) is 33.1 Å². The van der Waals surface area contributed by atoms with Gasteiger partial charge in [-0.2, -0.15) is 0 Å². The molecule has 0 aromatic carbocycles. The molecule has 0 saturated heterocycles. The molecule has 1 aromatic heterocycles. The Morgan fingerprint density at radius 3 is 3.00 bits per heavy atom. The van der Waals surface area contributed by atoms with E-state index in [1.54, 1.807) is 0 Å². The predicted octanol–water partition coefficient (Wildman–Crippen LogP) is 2.78. The Balaban J connectivity index is 1.88. The molecule has 1 aliphatic carbocycles. The maximum Gasteiger partial charge on any atom is 0.316 e. The summed E-state index contributed by atoms with van der Waals surface area (Å²) >= 11 is 1.39. The quantitative estimate of drug-likeness (QED) is 0.303. The van der Waals surface area contributed by atoms with Crippen LogP contribution >= 0.6 is 11.8 Å². The van der Waals surface area contributed by atoms with E-state index in [9.17, 15) is 4.79 Å². The van der Waals surface area contributed by atoms with Crippen LogP contribution in [0.4, 0.5) is 0 Å². The average Bonchev–Trinajstić information content (AvgIpc) is 3.20. The van der Waals surface area contributed by atoms with Gasteiger partial charge in [0.15, 0.2) is 5.16 Å². The van der Waals surface area contributed by atoms with Crippen molar-refractivity contribution in [2.75, 3.05) is 12.4 Å². The molecule has 1 saturated carbocycles. The lowest BCUT2D eigenvalue weighted by atomic mass is 10.4. The number of carbonyl (C=O) groups excluding carboxylic acids is 1. The van der Waals surface area contributed by atoms with Crippen molar-refractivity contribution in [3.63, 3.8) is 0 Å². The number of esters is 1. The normalized spacial score (nSPS) is 14.2. The first-order valence-electron chi connectivity index (χ1n) is 7.08. The van der Waals surface area contributed by atoms with Crippen molar-refractivity contribution in [3.05, 3.63) is 18.5 Å². The highest BCUT2D eigenvalue weighted by atomic mass is 32.2. The summed E-state index contributed by atoms with van der Waals surface area (Å²) in [4.78, 5) is 11.6. The Morgan fingerprint density at radius 1 is 1.55 bits per heavy atom. The van der Waals surface area contributed by atoms with Crippen molar-refractivity contribution < 1.29 is 9.53 Å². The van der Waals surface area contributed by atoms with E-state index in [2.05, 4.69) is 28.3 Å². The summed E-state index contributed by atoms with van der Waals surface area (Å²) in [6, 6.07) is 0. The first-order chi connectivity index (χ1) is 9.76. The van der Waals surface area contributed by atoms with Crippen LogP contribution in [0.15, 0.2) is 17.8 Å². The van der Waals surface area contributed by atoms with E-state index in [0.717, 1.165) is 23.8 Å². The molecule has 20 heavy (non-hydrogen) atoms. The fourth-order valence-corrected chi connectivity index (χ4v) is 2.60. The fraction of sp³-hybridized carbons (Fsp3) is 0.643. The molecule has 6 heteroatoms. The van der Waals surface area contributed by atoms with Crippen LogP contribution in [0.3, 0.4) is 0 Å². The van der Waals surface area contributed by atoms with E-state index in [0.29, 0.717) is 19.1 Å². The number of rotatable bonds is 9. The SMILES string of the molecule is C=CCn1c(SCC(=O)OCCCC)nnc1C1CC1. The second kappa shape index (κ2) is 7.47. The predicted molar refractivity (Wildman–Crippen MR) is 78.8 cm³/mol. The molecule has 2 rings (SSSR count). The summed E-state index contributed by atoms with van der Waals surface area (Å²) in [6.45, 7) is 7.02. The summed E-state index contributed by atoms with van der Waals surface area (Å²) in [5.74, 6) is 1.65. The number of hydrogen-bond donors (Lipinski definition) is 0. The molecule has 0 unspecified atom stereocenters. The summed E-state index contributed by atoms with van der Waals surface area (Å²) in [5.41, 5.74) is 0. The number of carbonyl (C=O) groups is 1. The lowest BCUT2D eigenvalue weighted by Gasteiger charge is -2.07. The van der Waals surface area contributed by atoms with Crippen molar-refractivity contribution in [2.45, 2.75) is 50.2 Å². The lowest BCUT2D eigenvalue weighted by molar-refractivity contribution is -0.140. The van der Waals surface area contributed by atoms with Gasteiger partial charge >= 0.3 is 5.97 Å². The molecule has 0 radical (unpaired) electrons. The third kappa shape index (κ3) is 4.10. The Hall–Kier alpha value is -1.30. The van der Waals surface area contributed by atoms with Gasteiger partial charge in [0.05, 0.1) is 12.4 Å². The van der Waals surface area contributed by atoms with Gasteiger partial charge in [-0.15, -0.1) is 16.8 Å². The molecule has 5 nitrogen and oxygen atoms in total. The second-order valence-electron chi connectivity index (χ2n) is 4.88. The first kappa shape index (κ1) is 15.1. The van der Waals surface area contributed by atoms with Gasteiger partial charge in [-0.25, -0.2) is 0 Å². The Morgan fingerprint density at radius 2 is 2.35 bits per heavy atom. The average molecular weight is 295 g/mol. The molecule has 0 N–H and O–H groups in total. The van der Waals surface area contributed by atoms with E-state index >= 15 is 0 Å². The summed E-state index contributed by atoms with van der Waals surface area (Å²) in [5, 5.41) is 9.20. The van der Waals surface area contributed by atoms with Gasteiger partial charge in [-0.3, -0.25) is 4.79 Å². The van der Waals surface area contributed by atoms with Crippen molar-refractivity contribution in [1.82, 2.24) is 14.8 Å². The molecule has 1 heterocycles. The maximum absolute atomic E-state index is 11.6. The van der Waals surface area contributed by atoms with Crippen molar-refractivity contribution in [2.24, 2.45) is 0 Å². The Bertz CT molecular complexity index is 469. The van der Waals surface area contributed by atoms with Gasteiger partial charge in [-0.1, -0.05) is 31.2 Å². The third-order valence-corrected chi connectivity index (χ3v) is 4.02. The van der Waals surface area contributed by atoms with E-state index < -0.39 is 0 Å². The molecular weight excluding hydrogens is 274 g/mol. The molecule has 1 fully saturated rings. The minimum absolute atomic E-state index is 0.190. The summed E-state index contributed by atoms with van der Waals surface area (Å²) in [6.07, 6.45) is 6.13. The number of ether oxygens (including phenoxy) is 1. The highest BCUT2D eigenvalue weighted by molar-refractivity contribution is 7.99. The zero-order valence-electron chi connectivity index (χ0n) is 11.9. The third-order valence-electron chi connectivity index (χ3n) is 3.08. The first-order valence-corrected chi connectivity index (χ1v) is 8.07. The minimum Gasteiger partial charge on any atom is -0.465 e. The van der Waals surface area contributed by atoms with E-state index in [1.807, 2.05) is 6.08 Å². The fourth-order valence-electron chi connectivity index (χ4n) is 1.85. The number of unbranched alkanes of at least 4 members (excludes halogenated alkanes) is 1. The Labute approximate surface area is 123 Å². The lowest BCUT2D eigenvalue weighted by Crippen LogP contribution is -2.10. The van der Waals surface area contributed by atoms with Gasteiger partial charge in [0, 0.05) is 12.5 Å². The van der Waals surface area contributed by atoms with Crippen LogP contribution in [-0.2, 0) is 16.1 Å². The molecule has 0 spiro atoms. The highest BCUT2D eigenvalue weighted by Crippen LogP contribution is 2.40. The van der Waals surface area contributed by atoms with Gasteiger partial charge in [0.1, 0.15) is 5.82 Å². The van der Waals surface area contributed by atoms with E-state index in [1.165, 1.54) is 24.6 Å². The van der Waals surface area contributed by atoms with Gasteiger partial charge in [-0.05, 0) is 19.3 Å². The summed E-state index contributed by atoms with van der Waals surface area (Å²) in [7, 11) is 0. The van der Waals surface area contributed by atoms with Crippen LogP contribution in [0.1, 0.15) is 44.3 Å². The molecular formula is C14H21N3O2S. The molecule has 0 atom stereocenters. The number of nitrogens with zero attached hydrogens (tertiary/aromatic N) is 3. The molecule has 1 aromatic rings. The maximum atomic E-state index is 11.6. The van der Waals surface area contributed by atoms with Crippen LogP contribution in [0.25, 0.3) is 0 Å². The number of hydrogen-bond acceptors (Lipinski definition) is 5. The van der Waals surface area contributed by atoms with Crippen LogP contribution in [0, 0.1) is 0 Å². The van der Waals surface area contributed by atoms with Crippen molar-refractivity contribution in [1.29, 1.82) is 0 Å². The molecule has 110 valence electrons. The van der Waals surface area contributed by atoms with Crippen LogP contribution in [0.5, 0.6) is 0 Å².